The number of allylic oxidation sites excluding steroid dienone is 4. The third-order valence-electron chi connectivity index (χ3n) is 5.54. The zero-order valence-electron chi connectivity index (χ0n) is 16.2. The van der Waals surface area contributed by atoms with Crippen molar-refractivity contribution in [2.75, 3.05) is 11.9 Å². The average Bonchev–Trinajstić information content (AvgIpc) is 2.87. The molecule has 0 atom stereocenters. The van der Waals surface area contributed by atoms with Gasteiger partial charge in [-0.15, -0.1) is 0 Å². The number of hydrogen-bond donors (Lipinski definition) is 0. The Kier molecular flexibility index (Phi) is 4.26. The molecule has 0 aliphatic carbocycles. The summed E-state index contributed by atoms with van der Waals surface area (Å²) in [6, 6.07) is 11.1. The van der Waals surface area contributed by atoms with Crippen LogP contribution in [-0.4, -0.2) is 19.0 Å². The van der Waals surface area contributed by atoms with Crippen LogP contribution in [0.2, 0.25) is 0 Å². The van der Waals surface area contributed by atoms with Crippen LogP contribution in [0.1, 0.15) is 35.3 Å². The Labute approximate surface area is 166 Å². The standard InChI is InChI=1S/C23H19F3N2O/c1-22(2)17-6-4-5-7-19(17)28(3)20(22)11-8-14-13-27-18-12-15(23(24,25)26)9-10-16(18)21(14)29/h4-13H,1-3H3/b14-8-,20-11+. The van der Waals surface area contributed by atoms with E-state index in [0.29, 0.717) is 5.57 Å². The van der Waals surface area contributed by atoms with Crippen LogP contribution in [0.4, 0.5) is 24.5 Å². The van der Waals surface area contributed by atoms with Gasteiger partial charge in [-0.2, -0.15) is 13.2 Å². The number of rotatable bonds is 1. The van der Waals surface area contributed by atoms with Crippen molar-refractivity contribution in [1.29, 1.82) is 0 Å². The Hall–Kier alpha value is -3.15. The Morgan fingerprint density at radius 2 is 1.79 bits per heavy atom. The lowest BCUT2D eigenvalue weighted by Crippen LogP contribution is -2.22. The van der Waals surface area contributed by atoms with Crippen molar-refractivity contribution >= 4 is 23.4 Å². The summed E-state index contributed by atoms with van der Waals surface area (Å²) < 4.78 is 38.7. The molecule has 3 nitrogen and oxygen atoms in total. The largest absolute Gasteiger partial charge is 0.416 e. The first-order valence-corrected chi connectivity index (χ1v) is 9.16. The molecule has 0 amide bonds. The maximum atomic E-state index is 12.9. The molecule has 0 spiro atoms. The fourth-order valence-corrected chi connectivity index (χ4v) is 3.95. The summed E-state index contributed by atoms with van der Waals surface area (Å²) in [5.74, 6) is -0.337. The smallest absolute Gasteiger partial charge is 0.347 e. The van der Waals surface area contributed by atoms with E-state index in [2.05, 4.69) is 29.8 Å². The molecule has 0 bridgehead atoms. The lowest BCUT2D eigenvalue weighted by molar-refractivity contribution is -0.137. The maximum absolute atomic E-state index is 12.9. The minimum Gasteiger partial charge on any atom is -0.347 e. The van der Waals surface area contributed by atoms with Crippen molar-refractivity contribution in [2.45, 2.75) is 25.4 Å². The molecule has 2 heterocycles. The second-order valence-electron chi connectivity index (χ2n) is 7.69. The quantitative estimate of drug-likeness (QED) is 0.567. The van der Waals surface area contributed by atoms with Gasteiger partial charge in [0.25, 0.3) is 0 Å². The number of aliphatic imine (C=N–C) groups is 1. The van der Waals surface area contributed by atoms with Gasteiger partial charge in [-0.1, -0.05) is 32.0 Å². The van der Waals surface area contributed by atoms with E-state index in [0.717, 1.165) is 23.5 Å². The third kappa shape index (κ3) is 3.09. The number of alkyl halides is 3. The molecule has 0 radical (unpaired) electrons. The lowest BCUT2D eigenvalue weighted by Gasteiger charge is -2.24. The van der Waals surface area contributed by atoms with Gasteiger partial charge >= 0.3 is 6.18 Å². The van der Waals surface area contributed by atoms with Gasteiger partial charge in [0.2, 0.25) is 0 Å². The first-order chi connectivity index (χ1) is 13.6. The highest BCUT2D eigenvalue weighted by molar-refractivity contribution is 6.25. The van der Waals surface area contributed by atoms with Gasteiger partial charge in [0.05, 0.1) is 11.3 Å². The molecule has 0 saturated heterocycles. The van der Waals surface area contributed by atoms with Crippen LogP contribution in [0.5, 0.6) is 0 Å². The molecule has 2 aromatic carbocycles. The Morgan fingerprint density at radius 1 is 1.07 bits per heavy atom. The number of nitrogens with zero attached hydrogens (tertiary/aromatic N) is 2. The molecule has 2 aliphatic rings. The zero-order chi connectivity index (χ0) is 21.0. The van der Waals surface area contributed by atoms with E-state index in [1.54, 1.807) is 6.08 Å². The molecule has 148 valence electrons. The number of likely N-dealkylation sites (N-methyl/N-ethyl adjacent to an activating group) is 1. The Balaban J connectivity index is 1.69. The number of hydrogen-bond acceptors (Lipinski definition) is 3. The SMILES string of the molecule is CN1/C(=C/C=C2/C=Nc3cc(C(F)(F)F)ccc3C2=O)C(C)(C)c2ccccc21. The molecule has 4 rings (SSSR count). The van der Waals surface area contributed by atoms with Crippen molar-refractivity contribution in [1.82, 2.24) is 0 Å². The van der Waals surface area contributed by atoms with Gasteiger partial charge in [-0.05, 0) is 42.0 Å². The predicted octanol–water partition coefficient (Wildman–Crippen LogP) is 5.84. The van der Waals surface area contributed by atoms with E-state index in [9.17, 15) is 18.0 Å². The molecule has 2 aromatic rings. The summed E-state index contributed by atoms with van der Waals surface area (Å²) >= 11 is 0. The molecule has 29 heavy (non-hydrogen) atoms. The van der Waals surface area contributed by atoms with E-state index >= 15 is 0 Å². The van der Waals surface area contributed by atoms with Crippen LogP contribution in [-0.2, 0) is 11.6 Å². The van der Waals surface area contributed by atoms with Crippen LogP contribution >= 0.6 is 0 Å². The zero-order valence-corrected chi connectivity index (χ0v) is 16.2. The molecule has 0 unspecified atom stereocenters. The summed E-state index contributed by atoms with van der Waals surface area (Å²) in [4.78, 5) is 18.9. The first-order valence-electron chi connectivity index (χ1n) is 9.16. The molecule has 0 aromatic heterocycles. The van der Waals surface area contributed by atoms with Crippen molar-refractivity contribution in [3.63, 3.8) is 0 Å². The second kappa shape index (κ2) is 6.44. The van der Waals surface area contributed by atoms with Crippen molar-refractivity contribution in [3.8, 4) is 0 Å². The van der Waals surface area contributed by atoms with Gasteiger partial charge in [0.15, 0.2) is 5.78 Å². The van der Waals surface area contributed by atoms with Gasteiger partial charge < -0.3 is 4.90 Å². The van der Waals surface area contributed by atoms with E-state index < -0.39 is 11.7 Å². The average molecular weight is 396 g/mol. The number of fused-ring (bicyclic) bond motifs is 2. The third-order valence-corrected chi connectivity index (χ3v) is 5.54. The monoisotopic (exact) mass is 396 g/mol. The fraction of sp³-hybridized carbons (Fsp3) is 0.217. The Morgan fingerprint density at radius 3 is 2.48 bits per heavy atom. The number of benzene rings is 2. The number of anilines is 1. The van der Waals surface area contributed by atoms with Crippen molar-refractivity contribution in [2.24, 2.45) is 4.99 Å². The summed E-state index contributed by atoms with van der Waals surface area (Å²) in [5, 5.41) is 0. The number of carbonyl (C=O) groups is 1. The highest BCUT2D eigenvalue weighted by Crippen LogP contribution is 2.46. The second-order valence-corrected chi connectivity index (χ2v) is 7.69. The molecule has 0 saturated carbocycles. The highest BCUT2D eigenvalue weighted by atomic mass is 19.4. The van der Waals surface area contributed by atoms with E-state index in [-0.39, 0.29) is 22.4 Å². The predicted molar refractivity (Wildman–Crippen MR) is 108 cm³/mol. The normalized spacial score (nSPS) is 20.3. The van der Waals surface area contributed by atoms with Crippen LogP contribution in [0.15, 0.2) is 70.9 Å². The van der Waals surface area contributed by atoms with Crippen LogP contribution < -0.4 is 4.90 Å². The summed E-state index contributed by atoms with van der Waals surface area (Å²) in [5.41, 5.74) is 2.82. The van der Waals surface area contributed by atoms with Crippen LogP contribution in [0.25, 0.3) is 0 Å². The number of halogens is 3. The van der Waals surface area contributed by atoms with Gasteiger partial charge in [0.1, 0.15) is 0 Å². The van der Waals surface area contributed by atoms with Crippen LogP contribution in [0.3, 0.4) is 0 Å². The maximum Gasteiger partial charge on any atom is 0.416 e. The van der Waals surface area contributed by atoms with Gasteiger partial charge in [-0.25, -0.2) is 0 Å². The molecular weight excluding hydrogens is 377 g/mol. The van der Waals surface area contributed by atoms with Crippen LogP contribution in [0, 0.1) is 0 Å². The molecule has 2 aliphatic heterocycles. The van der Waals surface area contributed by atoms with E-state index in [1.165, 1.54) is 17.8 Å². The van der Waals surface area contributed by atoms with E-state index in [1.807, 2.05) is 31.3 Å². The van der Waals surface area contributed by atoms with E-state index in [4.69, 9.17) is 0 Å². The first kappa shape index (κ1) is 19.2. The minimum absolute atomic E-state index is 0.0420. The molecular formula is C23H19F3N2O. The number of para-hydroxylation sites is 1. The Bertz CT molecular complexity index is 1110. The number of ketones is 1. The minimum atomic E-state index is -4.47. The summed E-state index contributed by atoms with van der Waals surface area (Å²) in [7, 11) is 1.97. The molecule has 0 N–H and O–H groups in total. The van der Waals surface area contributed by atoms with Gasteiger partial charge in [0, 0.05) is 41.2 Å². The lowest BCUT2D eigenvalue weighted by atomic mass is 9.83. The number of carbonyl (C=O) groups excluding carboxylic acids is 1. The van der Waals surface area contributed by atoms with Gasteiger partial charge in [-0.3, -0.25) is 9.79 Å². The topological polar surface area (TPSA) is 32.7 Å². The fourth-order valence-electron chi connectivity index (χ4n) is 3.95. The highest BCUT2D eigenvalue weighted by Gasteiger charge is 2.38. The van der Waals surface area contributed by atoms with Crippen molar-refractivity contribution in [3.05, 3.63) is 82.6 Å². The summed E-state index contributed by atoms with van der Waals surface area (Å²) in [6.45, 7) is 4.23. The molecule has 6 heteroatoms. The summed E-state index contributed by atoms with van der Waals surface area (Å²) in [6.07, 6.45) is 0.430. The molecule has 0 fully saturated rings. The number of Topliss-reactive ketones (excluding diaryl/α,β-unsaturated/α-hetero) is 1. The van der Waals surface area contributed by atoms with Crippen molar-refractivity contribution < 1.29 is 18.0 Å².